The summed E-state index contributed by atoms with van der Waals surface area (Å²) in [6.45, 7) is 4.89. The molecule has 5 rings (SSSR count). The molecule has 1 fully saturated rings. The van der Waals surface area contributed by atoms with Crippen LogP contribution in [0, 0.1) is 0 Å². The van der Waals surface area contributed by atoms with Crippen molar-refractivity contribution in [2.24, 2.45) is 0 Å². The van der Waals surface area contributed by atoms with Gasteiger partial charge in [0.2, 0.25) is 0 Å². The molecule has 2 aromatic carbocycles. The number of fused-ring (bicyclic) bond motifs is 1. The van der Waals surface area contributed by atoms with Crippen LogP contribution < -0.4 is 15.9 Å². The van der Waals surface area contributed by atoms with E-state index in [4.69, 9.17) is 15.6 Å². The van der Waals surface area contributed by atoms with Gasteiger partial charge in [0.05, 0.1) is 11.4 Å². The number of nitrogens with zero attached hydrogens (tertiary/aromatic N) is 5. The van der Waals surface area contributed by atoms with Crippen molar-refractivity contribution in [3.63, 3.8) is 0 Å². The maximum absolute atomic E-state index is 11.8. The van der Waals surface area contributed by atoms with Gasteiger partial charge in [-0.25, -0.2) is 19.7 Å². The third-order valence-corrected chi connectivity index (χ3v) is 5.82. The molecule has 1 amide bonds. The average molecular weight is 456 g/mol. The van der Waals surface area contributed by atoms with Crippen molar-refractivity contribution in [2.45, 2.75) is 18.9 Å². The largest absolute Gasteiger partial charge is 0.457 e. The van der Waals surface area contributed by atoms with Gasteiger partial charge in [0.25, 0.3) is 5.91 Å². The summed E-state index contributed by atoms with van der Waals surface area (Å²) in [5.41, 5.74) is 11.4. The van der Waals surface area contributed by atoms with E-state index in [1.54, 1.807) is 0 Å². The van der Waals surface area contributed by atoms with Crippen LogP contribution in [0.1, 0.15) is 18.9 Å². The van der Waals surface area contributed by atoms with Gasteiger partial charge < -0.3 is 10.5 Å². The zero-order valence-electron chi connectivity index (χ0n) is 18.6. The summed E-state index contributed by atoms with van der Waals surface area (Å²) < 4.78 is 7.82. The van der Waals surface area contributed by atoms with Crippen molar-refractivity contribution in [1.29, 1.82) is 0 Å². The maximum Gasteiger partial charge on any atom is 0.257 e. The number of carbonyl (C=O) groups is 1. The number of aromatic nitrogens is 4. The van der Waals surface area contributed by atoms with E-state index in [2.05, 4.69) is 22.0 Å². The maximum atomic E-state index is 11.8. The minimum Gasteiger partial charge on any atom is -0.457 e. The Morgan fingerprint density at radius 2 is 1.88 bits per heavy atom. The summed E-state index contributed by atoms with van der Waals surface area (Å²) in [4.78, 5) is 20.5. The molecule has 0 aliphatic carbocycles. The quantitative estimate of drug-likeness (QED) is 0.426. The predicted molar refractivity (Wildman–Crippen MR) is 130 cm³/mol. The van der Waals surface area contributed by atoms with Crippen LogP contribution in [0.4, 0.5) is 5.82 Å². The van der Waals surface area contributed by atoms with Crippen molar-refractivity contribution in [1.82, 2.24) is 30.2 Å². The predicted octanol–water partition coefficient (Wildman–Crippen LogP) is 3.72. The lowest BCUT2D eigenvalue weighted by molar-refractivity contribution is -0.121. The molecule has 1 aliphatic rings. The van der Waals surface area contributed by atoms with Crippen LogP contribution in [0.5, 0.6) is 11.5 Å². The summed E-state index contributed by atoms with van der Waals surface area (Å²) in [7, 11) is 0. The van der Waals surface area contributed by atoms with Crippen LogP contribution >= 0.6 is 0 Å². The molecule has 0 spiro atoms. The molecular formula is C25H25N7O2. The number of hydrogen-bond acceptors (Lipinski definition) is 7. The number of nitrogens with two attached hydrogens (primary N) is 1. The first-order chi connectivity index (χ1) is 16.6. The number of ether oxygens (including phenoxy) is 1. The second-order valence-corrected chi connectivity index (χ2v) is 8.11. The fourth-order valence-electron chi connectivity index (χ4n) is 4.21. The molecule has 172 valence electrons. The first-order valence-corrected chi connectivity index (χ1v) is 11.1. The zero-order chi connectivity index (χ0) is 23.5. The lowest BCUT2D eigenvalue weighted by atomic mass is 10.1. The Hall–Kier alpha value is -4.24. The van der Waals surface area contributed by atoms with Crippen molar-refractivity contribution in [3.8, 4) is 22.8 Å². The summed E-state index contributed by atoms with van der Waals surface area (Å²) in [5.74, 6) is 1.65. The monoisotopic (exact) mass is 455 g/mol. The first kappa shape index (κ1) is 21.6. The van der Waals surface area contributed by atoms with Gasteiger partial charge >= 0.3 is 0 Å². The number of para-hydroxylation sites is 1. The van der Waals surface area contributed by atoms with Crippen LogP contribution in [0.15, 0.2) is 73.6 Å². The molecule has 9 heteroatoms. The molecule has 1 saturated heterocycles. The number of nitrogen functional groups attached to an aromatic ring is 1. The third kappa shape index (κ3) is 4.33. The van der Waals surface area contributed by atoms with Gasteiger partial charge in [-0.1, -0.05) is 24.8 Å². The number of amides is 1. The minimum absolute atomic E-state index is 0.0186. The van der Waals surface area contributed by atoms with E-state index in [9.17, 15) is 4.79 Å². The van der Waals surface area contributed by atoms with Crippen LogP contribution in [-0.4, -0.2) is 43.8 Å². The van der Waals surface area contributed by atoms with Crippen LogP contribution in [0.3, 0.4) is 0 Å². The fraction of sp³-hybridized carbons (Fsp3) is 0.200. The Kier molecular flexibility index (Phi) is 5.92. The summed E-state index contributed by atoms with van der Waals surface area (Å²) >= 11 is 0. The number of hydrazine groups is 1. The molecule has 0 saturated carbocycles. The lowest BCUT2D eigenvalue weighted by Gasteiger charge is -2.32. The number of benzene rings is 2. The summed E-state index contributed by atoms with van der Waals surface area (Å²) in [6, 6.07) is 17.4. The topological polar surface area (TPSA) is 111 Å². The second kappa shape index (κ2) is 9.32. The van der Waals surface area contributed by atoms with E-state index in [0.717, 1.165) is 36.4 Å². The van der Waals surface area contributed by atoms with Crippen LogP contribution in [0.2, 0.25) is 0 Å². The number of carbonyl (C=O) groups excluding carboxylic acids is 1. The molecule has 9 nitrogen and oxygen atoms in total. The normalized spacial score (nSPS) is 16.3. The highest BCUT2D eigenvalue weighted by molar-refractivity contribution is 5.98. The van der Waals surface area contributed by atoms with Crippen LogP contribution in [0.25, 0.3) is 22.3 Å². The van der Waals surface area contributed by atoms with Gasteiger partial charge in [-0.05, 0) is 55.3 Å². The highest BCUT2D eigenvalue weighted by Gasteiger charge is 2.27. The zero-order valence-corrected chi connectivity index (χ0v) is 18.6. The van der Waals surface area contributed by atoms with E-state index < -0.39 is 0 Å². The molecule has 1 aliphatic heterocycles. The molecular weight excluding hydrogens is 430 g/mol. The Morgan fingerprint density at radius 1 is 1.12 bits per heavy atom. The molecule has 34 heavy (non-hydrogen) atoms. The average Bonchev–Trinajstić information content (AvgIpc) is 3.26. The van der Waals surface area contributed by atoms with E-state index in [1.807, 2.05) is 64.3 Å². The van der Waals surface area contributed by atoms with Crippen LogP contribution in [-0.2, 0) is 4.79 Å². The van der Waals surface area contributed by atoms with Gasteiger partial charge in [0.1, 0.15) is 29.3 Å². The standard InChI is InChI=1S/C25H25N7O2/c1-2-21(33)29-31-14-6-7-18(15-31)32-25-22(24(26)27-16-28-25)23(30-32)17-10-12-20(13-11-17)34-19-8-4-3-5-9-19/h2-5,8-13,16,18H,1,6-7,14-15H2,(H,29,33)(H2,26,27,28)/t18-/m1/s1. The number of nitrogens with one attached hydrogen (secondary N) is 1. The number of anilines is 1. The molecule has 4 aromatic rings. The number of piperidine rings is 1. The summed E-state index contributed by atoms with van der Waals surface area (Å²) in [6.07, 6.45) is 4.54. The molecule has 0 radical (unpaired) electrons. The number of rotatable bonds is 6. The van der Waals surface area contributed by atoms with Crippen molar-refractivity contribution in [2.75, 3.05) is 18.8 Å². The smallest absolute Gasteiger partial charge is 0.257 e. The van der Waals surface area contributed by atoms with E-state index in [-0.39, 0.29) is 11.9 Å². The van der Waals surface area contributed by atoms with Gasteiger partial charge in [0.15, 0.2) is 5.65 Å². The molecule has 0 unspecified atom stereocenters. The molecule has 2 aromatic heterocycles. The Morgan fingerprint density at radius 3 is 2.65 bits per heavy atom. The highest BCUT2D eigenvalue weighted by atomic mass is 16.5. The SMILES string of the molecule is C=CC(=O)NN1CCC[C@@H](n2nc(-c3ccc(Oc4ccccc4)cc3)c3c(N)ncnc32)C1. The Balaban J connectivity index is 1.47. The van der Waals surface area contributed by atoms with Crippen molar-refractivity contribution in [3.05, 3.63) is 73.6 Å². The molecule has 0 bridgehead atoms. The Bertz CT molecular complexity index is 1320. The highest BCUT2D eigenvalue weighted by Crippen LogP contribution is 2.34. The third-order valence-electron chi connectivity index (χ3n) is 5.82. The molecule has 3 N–H and O–H groups in total. The van der Waals surface area contributed by atoms with Crippen molar-refractivity contribution < 1.29 is 9.53 Å². The Labute approximate surface area is 196 Å². The van der Waals surface area contributed by atoms with Gasteiger partial charge in [-0.15, -0.1) is 0 Å². The van der Waals surface area contributed by atoms with Crippen molar-refractivity contribution >= 4 is 22.8 Å². The molecule has 3 heterocycles. The molecule has 1 atom stereocenters. The van der Waals surface area contributed by atoms with Gasteiger partial charge in [-0.3, -0.25) is 10.2 Å². The summed E-state index contributed by atoms with van der Waals surface area (Å²) in [5, 5.41) is 7.53. The van der Waals surface area contributed by atoms with E-state index >= 15 is 0 Å². The fourth-order valence-corrected chi connectivity index (χ4v) is 4.21. The van der Waals surface area contributed by atoms with E-state index in [1.165, 1.54) is 12.4 Å². The number of hydrogen-bond donors (Lipinski definition) is 2. The minimum atomic E-state index is -0.226. The van der Waals surface area contributed by atoms with Gasteiger partial charge in [-0.2, -0.15) is 5.10 Å². The first-order valence-electron chi connectivity index (χ1n) is 11.1. The van der Waals surface area contributed by atoms with E-state index in [0.29, 0.717) is 29.1 Å². The van der Waals surface area contributed by atoms with Gasteiger partial charge in [0, 0.05) is 18.7 Å². The second-order valence-electron chi connectivity index (χ2n) is 8.11. The lowest BCUT2D eigenvalue weighted by Crippen LogP contribution is -2.47.